The molecule has 0 aliphatic carbocycles. The van der Waals surface area contributed by atoms with E-state index in [1.807, 2.05) is 13.8 Å². The number of hydrogen-bond acceptors (Lipinski definition) is 2. The van der Waals surface area contributed by atoms with Crippen LogP contribution in [-0.4, -0.2) is 18.9 Å². The van der Waals surface area contributed by atoms with Crippen LogP contribution in [0.4, 0.5) is 4.39 Å². The second kappa shape index (κ2) is 6.38. The molecule has 2 nitrogen and oxygen atoms in total. The van der Waals surface area contributed by atoms with Gasteiger partial charge in [-0.05, 0) is 36.7 Å². The number of nitrogens with one attached hydrogen (secondary N) is 1. The molecule has 0 saturated carbocycles. The highest BCUT2D eigenvalue weighted by atomic mass is 19.1. The molecule has 0 spiro atoms. The zero-order chi connectivity index (χ0) is 12.0. The molecule has 0 saturated heterocycles. The van der Waals surface area contributed by atoms with Gasteiger partial charge in [0.2, 0.25) is 0 Å². The zero-order valence-corrected chi connectivity index (χ0v) is 9.85. The van der Waals surface area contributed by atoms with Crippen molar-refractivity contribution in [1.29, 1.82) is 0 Å². The van der Waals surface area contributed by atoms with Crippen LogP contribution in [0.3, 0.4) is 0 Å². The van der Waals surface area contributed by atoms with E-state index in [2.05, 4.69) is 5.32 Å². The topological polar surface area (TPSA) is 29.1 Å². The Balaban J connectivity index is 2.49. The van der Waals surface area contributed by atoms with E-state index in [0.717, 1.165) is 24.2 Å². The standard InChI is InChI=1S/C13H18FNO/c1-3-15-7-6-13(16)9-11-4-5-12(14)8-10(11)2/h4-5,8,15H,3,6-7,9H2,1-2H3. The molecule has 0 fully saturated rings. The molecule has 3 heteroatoms. The van der Waals surface area contributed by atoms with Gasteiger partial charge in [-0.2, -0.15) is 0 Å². The minimum absolute atomic E-state index is 0.190. The summed E-state index contributed by atoms with van der Waals surface area (Å²) in [6, 6.07) is 4.56. The molecule has 0 atom stereocenters. The van der Waals surface area contributed by atoms with Crippen molar-refractivity contribution in [2.24, 2.45) is 0 Å². The molecule has 0 aromatic heterocycles. The van der Waals surface area contributed by atoms with E-state index in [1.165, 1.54) is 12.1 Å². The first kappa shape index (κ1) is 12.8. The summed E-state index contributed by atoms with van der Waals surface area (Å²) < 4.78 is 12.8. The minimum atomic E-state index is -0.249. The average Bonchev–Trinajstić information content (AvgIpc) is 2.23. The minimum Gasteiger partial charge on any atom is -0.317 e. The van der Waals surface area contributed by atoms with Gasteiger partial charge in [-0.15, -0.1) is 0 Å². The molecule has 1 aromatic carbocycles. The summed E-state index contributed by atoms with van der Waals surface area (Å²) in [4.78, 5) is 11.6. The van der Waals surface area contributed by atoms with Crippen LogP contribution in [0.25, 0.3) is 0 Å². The number of carbonyl (C=O) groups is 1. The van der Waals surface area contributed by atoms with Gasteiger partial charge in [0.15, 0.2) is 0 Å². The molecule has 16 heavy (non-hydrogen) atoms. The fourth-order valence-corrected chi connectivity index (χ4v) is 1.56. The molecule has 1 N–H and O–H groups in total. The summed E-state index contributed by atoms with van der Waals surface area (Å²) in [5.74, 6) is -0.0583. The quantitative estimate of drug-likeness (QED) is 0.749. The Labute approximate surface area is 95.9 Å². The molecular weight excluding hydrogens is 205 g/mol. The fourth-order valence-electron chi connectivity index (χ4n) is 1.56. The molecule has 1 aromatic rings. The lowest BCUT2D eigenvalue weighted by atomic mass is 10.0. The van der Waals surface area contributed by atoms with E-state index in [0.29, 0.717) is 12.8 Å². The highest BCUT2D eigenvalue weighted by Gasteiger charge is 2.06. The molecule has 0 amide bonds. The lowest BCUT2D eigenvalue weighted by Gasteiger charge is -2.05. The Morgan fingerprint density at radius 2 is 2.19 bits per heavy atom. The summed E-state index contributed by atoms with van der Waals surface area (Å²) in [5, 5.41) is 3.11. The van der Waals surface area contributed by atoms with Crippen molar-refractivity contribution in [2.45, 2.75) is 26.7 Å². The summed E-state index contributed by atoms with van der Waals surface area (Å²) in [6.45, 7) is 5.43. The second-order valence-corrected chi connectivity index (χ2v) is 3.89. The molecule has 0 radical (unpaired) electrons. The highest BCUT2D eigenvalue weighted by Crippen LogP contribution is 2.11. The molecule has 0 bridgehead atoms. The first-order valence-electron chi connectivity index (χ1n) is 5.61. The van der Waals surface area contributed by atoms with Gasteiger partial charge in [0.1, 0.15) is 11.6 Å². The number of hydrogen-bond donors (Lipinski definition) is 1. The van der Waals surface area contributed by atoms with Gasteiger partial charge in [-0.1, -0.05) is 13.0 Å². The van der Waals surface area contributed by atoms with E-state index >= 15 is 0 Å². The Morgan fingerprint density at radius 1 is 1.44 bits per heavy atom. The van der Waals surface area contributed by atoms with Gasteiger partial charge in [-0.3, -0.25) is 4.79 Å². The normalized spacial score (nSPS) is 10.4. The van der Waals surface area contributed by atoms with E-state index in [4.69, 9.17) is 0 Å². The van der Waals surface area contributed by atoms with E-state index in [9.17, 15) is 9.18 Å². The zero-order valence-electron chi connectivity index (χ0n) is 9.85. The molecule has 88 valence electrons. The van der Waals surface area contributed by atoms with E-state index in [1.54, 1.807) is 6.07 Å². The van der Waals surface area contributed by atoms with Crippen LogP contribution in [0.1, 0.15) is 24.5 Å². The third-order valence-electron chi connectivity index (χ3n) is 2.52. The third kappa shape index (κ3) is 4.11. The lowest BCUT2D eigenvalue weighted by Crippen LogP contribution is -2.18. The lowest BCUT2D eigenvalue weighted by molar-refractivity contribution is -0.118. The van der Waals surface area contributed by atoms with Crippen molar-refractivity contribution in [1.82, 2.24) is 5.32 Å². The SMILES string of the molecule is CCNCCC(=O)Cc1ccc(F)cc1C. The van der Waals surface area contributed by atoms with Crippen molar-refractivity contribution >= 4 is 5.78 Å². The summed E-state index contributed by atoms with van der Waals surface area (Å²) in [7, 11) is 0. The van der Waals surface area contributed by atoms with Crippen LogP contribution in [-0.2, 0) is 11.2 Å². The summed E-state index contributed by atoms with van der Waals surface area (Å²) in [5.41, 5.74) is 1.76. The van der Waals surface area contributed by atoms with Crippen LogP contribution < -0.4 is 5.32 Å². The van der Waals surface area contributed by atoms with Gasteiger partial charge in [0.25, 0.3) is 0 Å². The summed E-state index contributed by atoms with van der Waals surface area (Å²) >= 11 is 0. The largest absolute Gasteiger partial charge is 0.317 e. The van der Waals surface area contributed by atoms with Crippen LogP contribution >= 0.6 is 0 Å². The number of halogens is 1. The van der Waals surface area contributed by atoms with Crippen LogP contribution in [0.15, 0.2) is 18.2 Å². The number of Topliss-reactive ketones (excluding diaryl/α,β-unsaturated/α-hetero) is 1. The van der Waals surface area contributed by atoms with Crippen molar-refractivity contribution < 1.29 is 9.18 Å². The Hall–Kier alpha value is -1.22. The van der Waals surface area contributed by atoms with Crippen molar-refractivity contribution in [3.8, 4) is 0 Å². The second-order valence-electron chi connectivity index (χ2n) is 3.89. The molecule has 0 unspecified atom stereocenters. The predicted molar refractivity (Wildman–Crippen MR) is 63.0 cm³/mol. The molecule has 0 aliphatic rings. The Bertz CT molecular complexity index is 363. The predicted octanol–water partition coefficient (Wildman–Crippen LogP) is 2.25. The van der Waals surface area contributed by atoms with Gasteiger partial charge in [0, 0.05) is 19.4 Å². The maximum absolute atomic E-state index is 12.8. The Morgan fingerprint density at radius 3 is 2.81 bits per heavy atom. The molecular formula is C13H18FNO. The van der Waals surface area contributed by atoms with Crippen LogP contribution in [0, 0.1) is 12.7 Å². The fraction of sp³-hybridized carbons (Fsp3) is 0.462. The number of carbonyl (C=O) groups excluding carboxylic acids is 1. The monoisotopic (exact) mass is 223 g/mol. The third-order valence-corrected chi connectivity index (χ3v) is 2.52. The van der Waals surface area contributed by atoms with Crippen molar-refractivity contribution in [2.75, 3.05) is 13.1 Å². The van der Waals surface area contributed by atoms with Gasteiger partial charge in [0.05, 0.1) is 0 Å². The number of aryl methyl sites for hydroxylation is 1. The van der Waals surface area contributed by atoms with E-state index < -0.39 is 0 Å². The number of benzene rings is 1. The maximum atomic E-state index is 12.8. The average molecular weight is 223 g/mol. The Kier molecular flexibility index (Phi) is 5.12. The highest BCUT2D eigenvalue weighted by molar-refractivity contribution is 5.81. The molecule has 1 rings (SSSR count). The van der Waals surface area contributed by atoms with E-state index in [-0.39, 0.29) is 11.6 Å². The smallest absolute Gasteiger partial charge is 0.138 e. The van der Waals surface area contributed by atoms with Gasteiger partial charge < -0.3 is 5.32 Å². The number of rotatable bonds is 6. The molecule has 0 aliphatic heterocycles. The first-order chi connectivity index (χ1) is 7.63. The van der Waals surface area contributed by atoms with Crippen molar-refractivity contribution in [3.63, 3.8) is 0 Å². The van der Waals surface area contributed by atoms with Crippen LogP contribution in [0.5, 0.6) is 0 Å². The number of ketones is 1. The summed E-state index contributed by atoms with van der Waals surface area (Å²) in [6.07, 6.45) is 0.933. The van der Waals surface area contributed by atoms with Gasteiger partial charge >= 0.3 is 0 Å². The first-order valence-corrected chi connectivity index (χ1v) is 5.61. The van der Waals surface area contributed by atoms with Crippen molar-refractivity contribution in [3.05, 3.63) is 35.1 Å². The maximum Gasteiger partial charge on any atom is 0.138 e. The molecule has 0 heterocycles. The van der Waals surface area contributed by atoms with Gasteiger partial charge in [-0.25, -0.2) is 4.39 Å². The van der Waals surface area contributed by atoms with Crippen LogP contribution in [0.2, 0.25) is 0 Å².